The first kappa shape index (κ1) is 15.4. The molecule has 0 aliphatic carbocycles. The lowest BCUT2D eigenvalue weighted by Gasteiger charge is -2.28. The van der Waals surface area contributed by atoms with Crippen LogP contribution in [0, 0.1) is 5.92 Å². The highest BCUT2D eigenvalue weighted by Gasteiger charge is 2.43. The number of hydrogen-bond acceptors (Lipinski definition) is 4. The molecule has 0 amide bonds. The van der Waals surface area contributed by atoms with E-state index >= 15 is 0 Å². The van der Waals surface area contributed by atoms with Crippen molar-refractivity contribution >= 4 is 5.97 Å². The molecule has 1 aromatic heterocycles. The number of rotatable bonds is 4. The van der Waals surface area contributed by atoms with Gasteiger partial charge in [-0.15, -0.1) is 5.10 Å². The van der Waals surface area contributed by atoms with Gasteiger partial charge in [0.15, 0.2) is 5.69 Å². The highest BCUT2D eigenvalue weighted by Crippen LogP contribution is 2.32. The summed E-state index contributed by atoms with van der Waals surface area (Å²) in [6.45, 7) is 4.10. The Morgan fingerprint density at radius 1 is 1.42 bits per heavy atom. The van der Waals surface area contributed by atoms with Gasteiger partial charge in [0.25, 0.3) is 0 Å². The van der Waals surface area contributed by atoms with Crippen LogP contribution in [-0.2, 0) is 12.7 Å². The molecular weight excluding hydrogens is 267 g/mol. The van der Waals surface area contributed by atoms with Gasteiger partial charge in [0.2, 0.25) is 5.69 Å². The van der Waals surface area contributed by atoms with Gasteiger partial charge in [-0.3, -0.25) is 0 Å². The number of nitrogens with zero attached hydrogens (tertiary/aromatic N) is 3. The summed E-state index contributed by atoms with van der Waals surface area (Å²) in [6, 6.07) is 0. The molecule has 108 valence electrons. The van der Waals surface area contributed by atoms with Crippen LogP contribution in [0.4, 0.5) is 13.2 Å². The van der Waals surface area contributed by atoms with Gasteiger partial charge in [0.1, 0.15) is 0 Å². The molecule has 0 saturated heterocycles. The van der Waals surface area contributed by atoms with E-state index in [2.05, 4.69) is 10.3 Å². The second-order valence-electron chi connectivity index (χ2n) is 4.76. The Morgan fingerprint density at radius 2 is 1.95 bits per heavy atom. The zero-order valence-corrected chi connectivity index (χ0v) is 10.6. The van der Waals surface area contributed by atoms with E-state index in [1.807, 2.05) is 0 Å². The fraction of sp³-hybridized carbons (Fsp3) is 0.700. The quantitative estimate of drug-likeness (QED) is 0.871. The Balaban J connectivity index is 3.27. The summed E-state index contributed by atoms with van der Waals surface area (Å²) in [5.74, 6) is -2.16. The predicted molar refractivity (Wildman–Crippen MR) is 57.4 cm³/mol. The minimum Gasteiger partial charge on any atom is -0.476 e. The van der Waals surface area contributed by atoms with Crippen molar-refractivity contribution in [1.82, 2.24) is 15.0 Å². The molecule has 0 aliphatic heterocycles. The van der Waals surface area contributed by atoms with Crippen LogP contribution in [0.15, 0.2) is 0 Å². The Kier molecular flexibility index (Phi) is 3.89. The Morgan fingerprint density at radius 3 is 2.32 bits per heavy atom. The monoisotopic (exact) mass is 281 g/mol. The Bertz CT molecular complexity index is 480. The fourth-order valence-corrected chi connectivity index (χ4v) is 1.33. The molecule has 1 heterocycles. The molecule has 0 bridgehead atoms. The van der Waals surface area contributed by atoms with Crippen molar-refractivity contribution in [3.8, 4) is 0 Å². The van der Waals surface area contributed by atoms with Crippen molar-refractivity contribution in [3.63, 3.8) is 0 Å². The number of aromatic nitrogens is 3. The predicted octanol–water partition coefficient (Wildman–Crippen LogP) is 1.40. The minimum atomic E-state index is -4.91. The first-order valence-electron chi connectivity index (χ1n) is 5.43. The molecule has 0 aromatic carbocycles. The normalized spacial score (nSPS) is 15.6. The van der Waals surface area contributed by atoms with Crippen molar-refractivity contribution in [1.29, 1.82) is 0 Å². The van der Waals surface area contributed by atoms with E-state index < -0.39 is 35.7 Å². The second kappa shape index (κ2) is 4.80. The molecule has 0 fully saturated rings. The van der Waals surface area contributed by atoms with E-state index in [-0.39, 0.29) is 5.92 Å². The lowest BCUT2D eigenvalue weighted by molar-refractivity contribution is -0.146. The molecule has 1 unspecified atom stereocenters. The van der Waals surface area contributed by atoms with E-state index in [1.165, 1.54) is 6.92 Å². The Hall–Kier alpha value is -1.64. The maximum atomic E-state index is 12.8. The molecule has 2 N–H and O–H groups in total. The van der Waals surface area contributed by atoms with Crippen LogP contribution in [0.25, 0.3) is 0 Å². The van der Waals surface area contributed by atoms with Crippen molar-refractivity contribution < 1.29 is 28.2 Å². The van der Waals surface area contributed by atoms with E-state index in [0.717, 1.165) is 0 Å². The van der Waals surface area contributed by atoms with Gasteiger partial charge < -0.3 is 10.2 Å². The van der Waals surface area contributed by atoms with Crippen LogP contribution in [-0.4, -0.2) is 36.8 Å². The van der Waals surface area contributed by atoms with Crippen molar-refractivity contribution in [3.05, 3.63) is 11.4 Å². The third-order valence-electron chi connectivity index (χ3n) is 2.92. The third kappa shape index (κ3) is 3.22. The van der Waals surface area contributed by atoms with E-state index in [0.29, 0.717) is 4.68 Å². The van der Waals surface area contributed by atoms with Crippen molar-refractivity contribution in [2.24, 2.45) is 5.92 Å². The third-order valence-corrected chi connectivity index (χ3v) is 2.92. The molecule has 6 nitrogen and oxygen atoms in total. The number of aliphatic hydroxyl groups is 1. The number of carbonyl (C=O) groups is 1. The van der Waals surface area contributed by atoms with Gasteiger partial charge in [-0.05, 0) is 12.8 Å². The van der Waals surface area contributed by atoms with Crippen LogP contribution in [0.2, 0.25) is 0 Å². The summed E-state index contributed by atoms with van der Waals surface area (Å²) >= 11 is 0. The number of aromatic carboxylic acids is 1. The lowest BCUT2D eigenvalue weighted by atomic mass is 9.92. The summed E-state index contributed by atoms with van der Waals surface area (Å²) in [5.41, 5.74) is -4.11. The number of carboxylic acids is 1. The molecular formula is C10H14F3N3O3. The van der Waals surface area contributed by atoms with Gasteiger partial charge in [-0.2, -0.15) is 13.2 Å². The van der Waals surface area contributed by atoms with Crippen LogP contribution in [0.1, 0.15) is 37.0 Å². The average molecular weight is 281 g/mol. The minimum absolute atomic E-state index is 0.342. The van der Waals surface area contributed by atoms with Crippen molar-refractivity contribution in [2.45, 2.75) is 39.1 Å². The largest absolute Gasteiger partial charge is 0.476 e. The highest BCUT2D eigenvalue weighted by molar-refractivity contribution is 5.86. The highest BCUT2D eigenvalue weighted by atomic mass is 19.4. The molecule has 0 radical (unpaired) electrons. The van der Waals surface area contributed by atoms with E-state index in [9.17, 15) is 23.1 Å². The number of alkyl halides is 3. The summed E-state index contributed by atoms with van der Waals surface area (Å²) in [5, 5.41) is 24.8. The van der Waals surface area contributed by atoms with Gasteiger partial charge in [0, 0.05) is 0 Å². The van der Waals surface area contributed by atoms with E-state index in [1.54, 1.807) is 13.8 Å². The second-order valence-corrected chi connectivity index (χ2v) is 4.76. The SMILES string of the molecule is CC(C)C(C)(O)Cn1nnc(C(=O)O)c1C(F)(F)F. The molecule has 9 heteroatoms. The first-order valence-corrected chi connectivity index (χ1v) is 5.43. The van der Waals surface area contributed by atoms with Crippen LogP contribution < -0.4 is 0 Å². The fourth-order valence-electron chi connectivity index (χ4n) is 1.33. The lowest BCUT2D eigenvalue weighted by Crippen LogP contribution is -2.38. The van der Waals surface area contributed by atoms with E-state index in [4.69, 9.17) is 5.11 Å². The molecule has 0 spiro atoms. The first-order chi connectivity index (χ1) is 8.47. The maximum absolute atomic E-state index is 12.8. The van der Waals surface area contributed by atoms with Gasteiger partial charge in [-0.1, -0.05) is 19.1 Å². The zero-order valence-electron chi connectivity index (χ0n) is 10.6. The molecule has 0 saturated carbocycles. The van der Waals surface area contributed by atoms with Crippen LogP contribution >= 0.6 is 0 Å². The zero-order chi connectivity index (χ0) is 15.0. The van der Waals surface area contributed by atoms with Crippen molar-refractivity contribution in [2.75, 3.05) is 0 Å². The molecule has 1 aromatic rings. The summed E-state index contributed by atoms with van der Waals surface area (Å²) in [4.78, 5) is 10.7. The topological polar surface area (TPSA) is 88.2 Å². The molecule has 1 rings (SSSR count). The maximum Gasteiger partial charge on any atom is 0.435 e. The average Bonchev–Trinajstić information content (AvgIpc) is 2.59. The van der Waals surface area contributed by atoms with Gasteiger partial charge in [0.05, 0.1) is 12.1 Å². The smallest absolute Gasteiger partial charge is 0.435 e. The summed E-state index contributed by atoms with van der Waals surface area (Å²) in [6.07, 6.45) is -4.91. The standard InChI is InChI=1S/C10H14F3N3O3/c1-5(2)9(3,19)4-16-7(10(11,12)13)6(8(17)18)14-15-16/h5,19H,4H2,1-3H3,(H,17,18). The number of halogens is 3. The number of carboxylic acid groups (broad SMARTS) is 1. The molecule has 1 atom stereocenters. The number of hydrogen-bond donors (Lipinski definition) is 2. The van der Waals surface area contributed by atoms with Gasteiger partial charge in [-0.25, -0.2) is 9.48 Å². The van der Waals surface area contributed by atoms with Crippen LogP contribution in [0.5, 0.6) is 0 Å². The molecule has 19 heavy (non-hydrogen) atoms. The molecule has 0 aliphatic rings. The summed E-state index contributed by atoms with van der Waals surface area (Å²) in [7, 11) is 0. The van der Waals surface area contributed by atoms with Crippen LogP contribution in [0.3, 0.4) is 0 Å². The Labute approximate surface area is 106 Å². The summed E-state index contributed by atoms with van der Waals surface area (Å²) < 4.78 is 38.9. The van der Waals surface area contributed by atoms with Gasteiger partial charge >= 0.3 is 12.1 Å².